The lowest BCUT2D eigenvalue weighted by atomic mass is 10.1. The first-order valence-corrected chi connectivity index (χ1v) is 6.10. The van der Waals surface area contributed by atoms with Crippen molar-refractivity contribution < 1.29 is 0 Å². The molecule has 1 aliphatic rings. The summed E-state index contributed by atoms with van der Waals surface area (Å²) >= 11 is 0. The molecule has 0 aliphatic heterocycles. The SMILES string of the molecule is Cc1cc(C)n2c([C@@H]3CC[C@H](N)C3)nnc2n1. The van der Waals surface area contributed by atoms with Gasteiger partial charge >= 0.3 is 0 Å². The van der Waals surface area contributed by atoms with Gasteiger partial charge in [0.25, 0.3) is 5.78 Å². The van der Waals surface area contributed by atoms with Crippen LogP contribution in [0.1, 0.15) is 42.4 Å². The van der Waals surface area contributed by atoms with Crippen LogP contribution in [0.4, 0.5) is 0 Å². The van der Waals surface area contributed by atoms with Gasteiger partial charge in [-0.2, -0.15) is 0 Å². The van der Waals surface area contributed by atoms with Gasteiger partial charge in [-0.1, -0.05) is 0 Å². The highest BCUT2D eigenvalue weighted by Gasteiger charge is 2.27. The summed E-state index contributed by atoms with van der Waals surface area (Å²) in [7, 11) is 0. The average molecular weight is 231 g/mol. The molecular formula is C12H17N5. The van der Waals surface area contributed by atoms with Crippen LogP contribution in [0.5, 0.6) is 0 Å². The topological polar surface area (TPSA) is 69.1 Å². The van der Waals surface area contributed by atoms with Crippen LogP contribution in [0.2, 0.25) is 0 Å². The van der Waals surface area contributed by atoms with E-state index in [0.717, 1.165) is 36.5 Å². The highest BCUT2D eigenvalue weighted by molar-refractivity contribution is 5.33. The van der Waals surface area contributed by atoms with Crippen LogP contribution in [0.15, 0.2) is 6.07 Å². The number of hydrogen-bond acceptors (Lipinski definition) is 4. The summed E-state index contributed by atoms with van der Waals surface area (Å²) in [6, 6.07) is 2.38. The van der Waals surface area contributed by atoms with Crippen molar-refractivity contribution in [2.24, 2.45) is 5.73 Å². The zero-order chi connectivity index (χ0) is 12.0. The molecule has 1 fully saturated rings. The Labute approximate surface area is 100 Å². The third kappa shape index (κ3) is 1.70. The Hall–Kier alpha value is -1.49. The Bertz CT molecular complexity index is 559. The van der Waals surface area contributed by atoms with E-state index in [4.69, 9.17) is 5.73 Å². The maximum absolute atomic E-state index is 5.96. The van der Waals surface area contributed by atoms with Crippen LogP contribution < -0.4 is 5.73 Å². The number of hydrogen-bond donors (Lipinski definition) is 1. The molecule has 17 heavy (non-hydrogen) atoms. The molecule has 0 saturated heterocycles. The van der Waals surface area contributed by atoms with Crippen LogP contribution in [0, 0.1) is 13.8 Å². The van der Waals surface area contributed by atoms with Crippen molar-refractivity contribution in [1.82, 2.24) is 19.6 Å². The molecule has 90 valence electrons. The first kappa shape index (κ1) is 10.7. The molecule has 0 radical (unpaired) electrons. The van der Waals surface area contributed by atoms with Crippen LogP contribution in [-0.2, 0) is 0 Å². The summed E-state index contributed by atoms with van der Waals surface area (Å²) in [6.07, 6.45) is 3.20. The van der Waals surface area contributed by atoms with Gasteiger partial charge in [-0.15, -0.1) is 10.2 Å². The van der Waals surface area contributed by atoms with Crippen molar-refractivity contribution in [3.63, 3.8) is 0 Å². The number of rotatable bonds is 1. The van der Waals surface area contributed by atoms with E-state index in [-0.39, 0.29) is 0 Å². The first-order chi connectivity index (χ1) is 8.15. The zero-order valence-corrected chi connectivity index (χ0v) is 10.2. The van der Waals surface area contributed by atoms with Gasteiger partial charge in [-0.3, -0.25) is 4.40 Å². The van der Waals surface area contributed by atoms with Crippen LogP contribution in [0.3, 0.4) is 0 Å². The maximum Gasteiger partial charge on any atom is 0.255 e. The van der Waals surface area contributed by atoms with E-state index in [0.29, 0.717) is 17.7 Å². The Morgan fingerprint density at radius 2 is 2.12 bits per heavy atom. The Kier molecular flexibility index (Phi) is 2.36. The van der Waals surface area contributed by atoms with Crippen molar-refractivity contribution >= 4 is 5.78 Å². The van der Waals surface area contributed by atoms with Crippen molar-refractivity contribution in [3.8, 4) is 0 Å². The van der Waals surface area contributed by atoms with Crippen molar-refractivity contribution in [3.05, 3.63) is 23.3 Å². The summed E-state index contributed by atoms with van der Waals surface area (Å²) in [5, 5.41) is 8.48. The molecular weight excluding hydrogens is 214 g/mol. The number of aryl methyl sites for hydroxylation is 2. The standard InChI is InChI=1S/C12H17N5/c1-7-5-8(2)17-11(15-16-12(17)14-7)9-3-4-10(13)6-9/h5,9-10H,3-4,6,13H2,1-2H3/t9-,10+/m1/s1. The predicted octanol–water partition coefficient (Wildman–Crippen LogP) is 1.34. The highest BCUT2D eigenvalue weighted by atomic mass is 15.3. The minimum Gasteiger partial charge on any atom is -0.328 e. The molecule has 0 aromatic carbocycles. The summed E-state index contributed by atoms with van der Waals surface area (Å²) in [4.78, 5) is 4.41. The van der Waals surface area contributed by atoms with Gasteiger partial charge in [-0.05, 0) is 39.2 Å². The normalized spacial score (nSPS) is 24.6. The number of fused-ring (bicyclic) bond motifs is 1. The largest absolute Gasteiger partial charge is 0.328 e. The van der Waals surface area contributed by atoms with Gasteiger partial charge in [0.15, 0.2) is 0 Å². The quantitative estimate of drug-likeness (QED) is 0.804. The molecule has 2 N–H and O–H groups in total. The second-order valence-corrected chi connectivity index (χ2v) is 5.00. The minimum atomic E-state index is 0.311. The fourth-order valence-corrected chi connectivity index (χ4v) is 2.77. The molecule has 2 heterocycles. The van der Waals surface area contributed by atoms with Gasteiger partial charge < -0.3 is 5.73 Å². The Morgan fingerprint density at radius 1 is 1.29 bits per heavy atom. The lowest BCUT2D eigenvalue weighted by Gasteiger charge is -2.09. The Balaban J connectivity index is 2.11. The summed E-state index contributed by atoms with van der Waals surface area (Å²) in [5.41, 5.74) is 8.09. The summed E-state index contributed by atoms with van der Waals surface area (Å²) in [5.74, 6) is 2.17. The fraction of sp³-hybridized carbons (Fsp3) is 0.583. The molecule has 0 spiro atoms. The molecule has 5 nitrogen and oxygen atoms in total. The third-order valence-electron chi connectivity index (χ3n) is 3.56. The smallest absolute Gasteiger partial charge is 0.255 e. The van der Waals surface area contributed by atoms with Gasteiger partial charge in [0.05, 0.1) is 0 Å². The van der Waals surface area contributed by atoms with E-state index in [2.05, 4.69) is 32.6 Å². The molecule has 2 aromatic heterocycles. The fourth-order valence-electron chi connectivity index (χ4n) is 2.77. The zero-order valence-electron chi connectivity index (χ0n) is 10.2. The molecule has 1 saturated carbocycles. The second-order valence-electron chi connectivity index (χ2n) is 5.00. The van der Waals surface area contributed by atoms with Crippen molar-refractivity contribution in [2.45, 2.75) is 45.1 Å². The molecule has 0 amide bonds. The van der Waals surface area contributed by atoms with Crippen molar-refractivity contribution in [2.75, 3.05) is 0 Å². The average Bonchev–Trinajstić information content (AvgIpc) is 2.83. The van der Waals surface area contributed by atoms with Crippen LogP contribution in [0.25, 0.3) is 5.78 Å². The monoisotopic (exact) mass is 231 g/mol. The highest BCUT2D eigenvalue weighted by Crippen LogP contribution is 2.32. The maximum atomic E-state index is 5.96. The molecule has 5 heteroatoms. The number of nitrogens with two attached hydrogens (primary N) is 1. The van der Waals surface area contributed by atoms with E-state index in [1.165, 1.54) is 0 Å². The van der Waals surface area contributed by atoms with Gasteiger partial charge in [0.2, 0.25) is 0 Å². The van der Waals surface area contributed by atoms with E-state index in [1.54, 1.807) is 0 Å². The Morgan fingerprint density at radius 3 is 2.82 bits per heavy atom. The molecule has 0 unspecified atom stereocenters. The number of aromatic nitrogens is 4. The predicted molar refractivity (Wildman–Crippen MR) is 64.8 cm³/mol. The second kappa shape index (κ2) is 3.77. The van der Waals surface area contributed by atoms with Gasteiger partial charge in [0.1, 0.15) is 5.82 Å². The van der Waals surface area contributed by atoms with Gasteiger partial charge in [0, 0.05) is 23.3 Å². The minimum absolute atomic E-state index is 0.311. The number of nitrogens with zero attached hydrogens (tertiary/aromatic N) is 4. The third-order valence-corrected chi connectivity index (χ3v) is 3.56. The lowest BCUT2D eigenvalue weighted by Crippen LogP contribution is -2.15. The van der Waals surface area contributed by atoms with E-state index in [1.807, 2.05) is 6.92 Å². The summed E-state index contributed by atoms with van der Waals surface area (Å²) in [6.45, 7) is 4.05. The molecule has 2 aromatic rings. The molecule has 2 atom stereocenters. The van der Waals surface area contributed by atoms with Crippen molar-refractivity contribution in [1.29, 1.82) is 0 Å². The van der Waals surface area contributed by atoms with Crippen LogP contribution >= 0.6 is 0 Å². The molecule has 0 bridgehead atoms. The van der Waals surface area contributed by atoms with Gasteiger partial charge in [-0.25, -0.2) is 4.98 Å². The van der Waals surface area contributed by atoms with E-state index in [9.17, 15) is 0 Å². The molecule has 1 aliphatic carbocycles. The lowest BCUT2D eigenvalue weighted by molar-refractivity contribution is 0.633. The van der Waals surface area contributed by atoms with Crippen LogP contribution in [-0.4, -0.2) is 25.6 Å². The molecule has 3 rings (SSSR count). The van der Waals surface area contributed by atoms with E-state index >= 15 is 0 Å². The summed E-state index contributed by atoms with van der Waals surface area (Å²) < 4.78 is 2.07. The van der Waals surface area contributed by atoms with E-state index < -0.39 is 0 Å². The first-order valence-electron chi connectivity index (χ1n) is 6.10.